The lowest BCUT2D eigenvalue weighted by Crippen LogP contribution is -2.47. The first-order valence-electron chi connectivity index (χ1n) is 13.7. The van der Waals surface area contributed by atoms with Crippen LogP contribution in [0.15, 0.2) is 85.9 Å². The van der Waals surface area contributed by atoms with Crippen LogP contribution in [-0.4, -0.2) is 56.1 Å². The minimum atomic E-state index is -1.08. The molecule has 2 heterocycles. The maximum Gasteiger partial charge on any atom is 0.135 e. The number of hydrogen-bond acceptors (Lipinski definition) is 5. The Balaban J connectivity index is 1.60. The van der Waals surface area contributed by atoms with Crippen molar-refractivity contribution in [1.82, 2.24) is 14.5 Å². The molecule has 2 aromatic carbocycles. The molecule has 0 bridgehead atoms. The van der Waals surface area contributed by atoms with Gasteiger partial charge in [-0.25, -0.2) is 4.98 Å². The summed E-state index contributed by atoms with van der Waals surface area (Å²) in [5, 5.41) is 20.3. The highest BCUT2D eigenvalue weighted by Crippen LogP contribution is 2.32. The summed E-state index contributed by atoms with van der Waals surface area (Å²) < 4.78 is 8.44. The van der Waals surface area contributed by atoms with Gasteiger partial charge in [0.1, 0.15) is 11.9 Å². The Labute approximate surface area is 232 Å². The zero-order chi connectivity index (χ0) is 27.8. The van der Waals surface area contributed by atoms with E-state index in [4.69, 9.17) is 4.74 Å². The fourth-order valence-electron chi connectivity index (χ4n) is 5.10. The number of aliphatic hydroxyl groups excluding tert-OH is 1. The number of aromatic nitrogens is 2. The van der Waals surface area contributed by atoms with Gasteiger partial charge < -0.3 is 19.5 Å². The normalized spacial score (nSPS) is 18.8. The Morgan fingerprint density at radius 1 is 1.18 bits per heavy atom. The lowest BCUT2D eigenvalue weighted by molar-refractivity contribution is -0.0697. The summed E-state index contributed by atoms with van der Waals surface area (Å²) in [6.07, 6.45) is 15.4. The van der Waals surface area contributed by atoms with E-state index in [9.17, 15) is 10.2 Å². The fourth-order valence-corrected chi connectivity index (χ4v) is 5.10. The van der Waals surface area contributed by atoms with E-state index in [1.165, 1.54) is 0 Å². The highest BCUT2D eigenvalue weighted by atomic mass is 16.5. The lowest BCUT2D eigenvalue weighted by Gasteiger charge is -2.39. The molecule has 0 saturated carbocycles. The molecule has 3 atom stereocenters. The van der Waals surface area contributed by atoms with Gasteiger partial charge in [-0.15, -0.1) is 0 Å². The van der Waals surface area contributed by atoms with Crippen LogP contribution in [0, 0.1) is 5.92 Å². The Morgan fingerprint density at radius 3 is 2.67 bits per heavy atom. The first-order chi connectivity index (χ1) is 18.9. The number of ether oxygens (including phenoxy) is 1. The number of likely N-dealkylation sites (tertiary alicyclic amines) is 1. The molecule has 4 rings (SSSR count). The van der Waals surface area contributed by atoms with Gasteiger partial charge in [0.2, 0.25) is 0 Å². The monoisotopic (exact) mass is 527 g/mol. The van der Waals surface area contributed by atoms with Crippen molar-refractivity contribution in [3.05, 3.63) is 97.0 Å². The maximum absolute atomic E-state index is 10.6. The third kappa shape index (κ3) is 7.15. The zero-order valence-electron chi connectivity index (χ0n) is 23.3. The molecule has 1 fully saturated rings. The number of rotatable bonds is 11. The number of hydrogen-bond donors (Lipinski definition) is 2. The quantitative estimate of drug-likeness (QED) is 0.298. The molecule has 0 spiro atoms. The SMILES string of the molecule is C=CC(/C=C/C)Oc1cc(-c2cn(-c3ccc(/C=C/C)cc3)cn2)ccc1CN1CCC[C@H]([C@](C)(O)CO)C1. The second-order valence-electron chi connectivity index (χ2n) is 10.5. The molecule has 3 aromatic rings. The molecule has 1 aromatic heterocycles. The van der Waals surface area contributed by atoms with Crippen molar-refractivity contribution in [2.24, 2.45) is 5.92 Å². The van der Waals surface area contributed by atoms with Crippen molar-refractivity contribution in [3.8, 4) is 22.7 Å². The van der Waals surface area contributed by atoms with E-state index in [1.807, 2.05) is 49.2 Å². The van der Waals surface area contributed by atoms with Crippen LogP contribution in [0.1, 0.15) is 44.7 Å². The molecular weight excluding hydrogens is 486 g/mol. The minimum Gasteiger partial charge on any atom is -0.482 e. The van der Waals surface area contributed by atoms with Crippen molar-refractivity contribution in [2.45, 2.75) is 51.9 Å². The Bertz CT molecular complexity index is 1290. The molecule has 6 nitrogen and oxygen atoms in total. The molecule has 0 aliphatic carbocycles. The molecule has 1 saturated heterocycles. The van der Waals surface area contributed by atoms with Gasteiger partial charge in [0.05, 0.1) is 24.2 Å². The highest BCUT2D eigenvalue weighted by Gasteiger charge is 2.34. The number of piperidine rings is 1. The van der Waals surface area contributed by atoms with Crippen LogP contribution in [0.3, 0.4) is 0 Å². The summed E-state index contributed by atoms with van der Waals surface area (Å²) in [4.78, 5) is 7.03. The molecule has 39 heavy (non-hydrogen) atoms. The molecule has 206 valence electrons. The summed E-state index contributed by atoms with van der Waals surface area (Å²) in [6, 6.07) is 14.6. The third-order valence-electron chi connectivity index (χ3n) is 7.47. The Morgan fingerprint density at radius 2 is 1.97 bits per heavy atom. The number of aliphatic hydroxyl groups is 2. The van der Waals surface area contributed by atoms with Gasteiger partial charge in [-0.1, -0.05) is 49.1 Å². The van der Waals surface area contributed by atoms with E-state index in [0.717, 1.165) is 59.8 Å². The van der Waals surface area contributed by atoms with Crippen molar-refractivity contribution < 1.29 is 14.9 Å². The summed E-state index contributed by atoms with van der Waals surface area (Å²) >= 11 is 0. The Hall–Kier alpha value is -3.45. The molecule has 1 unspecified atom stereocenters. The number of imidazole rings is 1. The van der Waals surface area contributed by atoms with Gasteiger partial charge in [-0.3, -0.25) is 4.90 Å². The first-order valence-corrected chi connectivity index (χ1v) is 13.7. The van der Waals surface area contributed by atoms with Crippen LogP contribution in [0.25, 0.3) is 23.0 Å². The summed E-state index contributed by atoms with van der Waals surface area (Å²) in [5.41, 5.74) is 4.04. The number of allylic oxidation sites excluding steroid dienone is 2. The van der Waals surface area contributed by atoms with Gasteiger partial charge >= 0.3 is 0 Å². The van der Waals surface area contributed by atoms with Crippen molar-refractivity contribution in [3.63, 3.8) is 0 Å². The van der Waals surface area contributed by atoms with Crippen LogP contribution in [0.2, 0.25) is 0 Å². The summed E-state index contributed by atoms with van der Waals surface area (Å²) in [5.74, 6) is 0.816. The van der Waals surface area contributed by atoms with Crippen LogP contribution in [-0.2, 0) is 6.54 Å². The second-order valence-corrected chi connectivity index (χ2v) is 10.5. The molecular formula is C33H41N3O3. The van der Waals surface area contributed by atoms with E-state index < -0.39 is 5.60 Å². The summed E-state index contributed by atoms with van der Waals surface area (Å²) in [7, 11) is 0. The van der Waals surface area contributed by atoms with E-state index >= 15 is 0 Å². The molecule has 1 aliphatic heterocycles. The largest absolute Gasteiger partial charge is 0.482 e. The van der Waals surface area contributed by atoms with Crippen LogP contribution in [0.5, 0.6) is 5.75 Å². The van der Waals surface area contributed by atoms with Gasteiger partial charge in [-0.05, 0) is 76.1 Å². The van der Waals surface area contributed by atoms with Crippen molar-refractivity contribution in [1.29, 1.82) is 0 Å². The average Bonchev–Trinajstić information content (AvgIpc) is 3.45. The topological polar surface area (TPSA) is 70.8 Å². The fraction of sp³-hybridized carbons (Fsp3) is 0.364. The number of nitrogens with zero attached hydrogens (tertiary/aromatic N) is 3. The predicted molar refractivity (Wildman–Crippen MR) is 159 cm³/mol. The zero-order valence-corrected chi connectivity index (χ0v) is 23.3. The molecule has 0 amide bonds. The van der Waals surface area contributed by atoms with E-state index in [-0.39, 0.29) is 18.6 Å². The van der Waals surface area contributed by atoms with Gasteiger partial charge in [0.15, 0.2) is 0 Å². The van der Waals surface area contributed by atoms with Crippen molar-refractivity contribution >= 4 is 6.08 Å². The Kier molecular flexibility index (Phi) is 9.57. The molecule has 6 heteroatoms. The smallest absolute Gasteiger partial charge is 0.135 e. The maximum atomic E-state index is 10.6. The van der Waals surface area contributed by atoms with Crippen LogP contribution < -0.4 is 4.74 Å². The van der Waals surface area contributed by atoms with E-state index in [1.54, 1.807) is 13.0 Å². The summed E-state index contributed by atoms with van der Waals surface area (Å²) in [6.45, 7) is 11.8. The third-order valence-corrected chi connectivity index (χ3v) is 7.47. The standard InChI is InChI=1S/C33H41N3O3/c1-5-9-25-12-16-29(17-13-25)36-22-31(34-24-36)26-14-15-27(32(19-26)39-30(7-3)10-6-2)20-35-18-8-11-28(21-35)33(4,38)23-37/h5-7,9-10,12-17,19,22,24,28,30,37-38H,3,8,11,18,20-21,23H2,1-2,4H3/b9-5+,10-6+/t28-,30?,33+/m0/s1. The van der Waals surface area contributed by atoms with Crippen LogP contribution in [0.4, 0.5) is 0 Å². The minimum absolute atomic E-state index is 0.0277. The number of benzene rings is 2. The molecule has 1 aliphatic rings. The lowest BCUT2D eigenvalue weighted by atomic mass is 9.83. The van der Waals surface area contributed by atoms with E-state index in [0.29, 0.717) is 6.54 Å². The highest BCUT2D eigenvalue weighted by molar-refractivity contribution is 5.63. The van der Waals surface area contributed by atoms with Gasteiger partial charge in [0.25, 0.3) is 0 Å². The molecule has 2 N–H and O–H groups in total. The van der Waals surface area contributed by atoms with Crippen LogP contribution >= 0.6 is 0 Å². The predicted octanol–water partition coefficient (Wildman–Crippen LogP) is 6.04. The van der Waals surface area contributed by atoms with E-state index in [2.05, 4.69) is 65.0 Å². The van der Waals surface area contributed by atoms with Crippen molar-refractivity contribution in [2.75, 3.05) is 19.7 Å². The average molecular weight is 528 g/mol. The first kappa shape index (κ1) is 28.6. The second kappa shape index (κ2) is 13.1. The van der Waals surface area contributed by atoms with Gasteiger partial charge in [-0.2, -0.15) is 0 Å². The molecule has 0 radical (unpaired) electrons. The van der Waals surface area contributed by atoms with Gasteiger partial charge in [0, 0.05) is 42.0 Å².